The molecule has 0 spiro atoms. The summed E-state index contributed by atoms with van der Waals surface area (Å²) in [6.45, 7) is 4.40. The summed E-state index contributed by atoms with van der Waals surface area (Å²) in [5.74, 6) is 0.317. The van der Waals surface area contributed by atoms with E-state index in [0.717, 1.165) is 11.1 Å². The molecular weight excluding hydrogens is 513 g/mol. The lowest BCUT2D eigenvalue weighted by molar-refractivity contribution is -0.132. The summed E-state index contributed by atoms with van der Waals surface area (Å²) in [6, 6.07) is 21.6. The topological polar surface area (TPSA) is 88.2 Å². The Morgan fingerprint density at radius 3 is 2.10 bits per heavy atom. The molecule has 9 heteroatoms. The van der Waals surface area contributed by atoms with Crippen molar-refractivity contribution in [1.82, 2.24) is 15.1 Å². The number of Topliss-reactive ketones (excluding diaryl/α,β-unsaturated/α-hetero) is 1. The van der Waals surface area contributed by atoms with E-state index in [1.807, 2.05) is 35.2 Å². The van der Waals surface area contributed by atoms with Gasteiger partial charge in [0.05, 0.1) is 19.8 Å². The van der Waals surface area contributed by atoms with Gasteiger partial charge in [-0.3, -0.25) is 19.3 Å². The van der Waals surface area contributed by atoms with Gasteiger partial charge >= 0.3 is 0 Å². The smallest absolute Gasteiger partial charge is 0.234 e. The van der Waals surface area contributed by atoms with Crippen LogP contribution >= 0.6 is 0 Å². The number of nitrogens with one attached hydrogen (secondary N) is 1. The molecule has 3 aromatic rings. The number of rotatable bonds is 12. The average molecular weight is 548 g/mol. The van der Waals surface area contributed by atoms with E-state index in [2.05, 4.69) is 5.32 Å². The second-order valence-electron chi connectivity index (χ2n) is 9.75. The van der Waals surface area contributed by atoms with E-state index in [4.69, 9.17) is 9.47 Å². The van der Waals surface area contributed by atoms with Gasteiger partial charge in [-0.15, -0.1) is 0 Å². The fraction of sp³-hybridized carbons (Fsp3) is 0.323. The van der Waals surface area contributed by atoms with Gasteiger partial charge in [0.25, 0.3) is 0 Å². The van der Waals surface area contributed by atoms with E-state index in [-0.39, 0.29) is 43.0 Å². The molecular formula is C31H34FN3O5. The van der Waals surface area contributed by atoms with Crippen LogP contribution in [0.15, 0.2) is 78.9 Å². The van der Waals surface area contributed by atoms with Gasteiger partial charge in [0.15, 0.2) is 5.78 Å². The molecule has 210 valence electrons. The minimum atomic E-state index is -0.815. The summed E-state index contributed by atoms with van der Waals surface area (Å²) in [5.41, 5.74) is 1.74. The highest BCUT2D eigenvalue weighted by molar-refractivity contribution is 5.91. The first-order valence-electron chi connectivity index (χ1n) is 13.3. The van der Waals surface area contributed by atoms with Gasteiger partial charge < -0.3 is 19.7 Å². The second kappa shape index (κ2) is 14.3. The Morgan fingerprint density at radius 2 is 1.48 bits per heavy atom. The molecule has 1 aliphatic heterocycles. The van der Waals surface area contributed by atoms with Crippen LogP contribution in [0.1, 0.15) is 18.1 Å². The fourth-order valence-corrected chi connectivity index (χ4v) is 4.39. The van der Waals surface area contributed by atoms with Crippen molar-refractivity contribution < 1.29 is 28.2 Å². The quantitative estimate of drug-likeness (QED) is 0.373. The van der Waals surface area contributed by atoms with Crippen molar-refractivity contribution in [2.75, 3.05) is 39.3 Å². The number of hydrogen-bond acceptors (Lipinski definition) is 6. The molecule has 2 amide bonds. The van der Waals surface area contributed by atoms with Gasteiger partial charge in [-0.1, -0.05) is 42.5 Å². The van der Waals surface area contributed by atoms with Crippen LogP contribution in [-0.4, -0.2) is 72.8 Å². The highest BCUT2D eigenvalue weighted by Gasteiger charge is 2.24. The zero-order valence-electron chi connectivity index (χ0n) is 22.6. The molecule has 0 radical (unpaired) electrons. The predicted octanol–water partition coefficient (Wildman–Crippen LogP) is 3.60. The lowest BCUT2D eigenvalue weighted by atomic mass is 10.0. The van der Waals surface area contributed by atoms with Crippen molar-refractivity contribution in [2.45, 2.75) is 26.0 Å². The fourth-order valence-electron chi connectivity index (χ4n) is 4.39. The van der Waals surface area contributed by atoms with Crippen LogP contribution in [-0.2, 0) is 32.1 Å². The summed E-state index contributed by atoms with van der Waals surface area (Å²) in [7, 11) is 0. The zero-order chi connectivity index (χ0) is 28.3. The van der Waals surface area contributed by atoms with Crippen LogP contribution in [0.5, 0.6) is 11.5 Å². The van der Waals surface area contributed by atoms with Crippen molar-refractivity contribution >= 4 is 17.6 Å². The van der Waals surface area contributed by atoms with Crippen LogP contribution in [0.2, 0.25) is 0 Å². The first-order chi connectivity index (χ1) is 19.4. The Hall–Kier alpha value is -4.08. The number of ketones is 1. The number of amides is 2. The molecule has 0 unspecified atom stereocenters. The zero-order valence-corrected chi connectivity index (χ0v) is 22.6. The molecule has 1 atom stereocenters. The monoisotopic (exact) mass is 547 g/mol. The van der Waals surface area contributed by atoms with Crippen LogP contribution in [0, 0.1) is 5.82 Å². The Labute approximate surface area is 233 Å². The average Bonchev–Trinajstić information content (AvgIpc) is 2.95. The van der Waals surface area contributed by atoms with E-state index in [1.54, 1.807) is 48.2 Å². The standard InChI is InChI=1S/C31H34FN3O5/c1-23(36)35-17-15-34(16-18-35)20-31(38)33-29(22-39-21-25-5-3-2-4-6-25)30(37)19-24-7-11-27(12-8-24)40-28-13-9-26(32)10-14-28/h2-14,29H,15-22H2,1H3,(H,33,38)/t29-/m0/s1. The van der Waals surface area contributed by atoms with Crippen molar-refractivity contribution in [3.63, 3.8) is 0 Å². The van der Waals surface area contributed by atoms with Gasteiger partial charge in [0.2, 0.25) is 11.8 Å². The molecule has 4 rings (SSSR count). The maximum absolute atomic E-state index is 13.3. The minimum absolute atomic E-state index is 0.0281. The predicted molar refractivity (Wildman–Crippen MR) is 148 cm³/mol. The number of piperazine rings is 1. The van der Waals surface area contributed by atoms with Gasteiger partial charge in [-0.25, -0.2) is 4.39 Å². The Morgan fingerprint density at radius 1 is 0.850 bits per heavy atom. The molecule has 0 bridgehead atoms. The Bertz CT molecular complexity index is 1260. The summed E-state index contributed by atoms with van der Waals surface area (Å²) in [5, 5.41) is 2.86. The summed E-state index contributed by atoms with van der Waals surface area (Å²) in [4.78, 5) is 41.5. The maximum Gasteiger partial charge on any atom is 0.234 e. The van der Waals surface area contributed by atoms with E-state index < -0.39 is 6.04 Å². The SMILES string of the molecule is CC(=O)N1CCN(CC(=O)N[C@@H](COCc2ccccc2)C(=O)Cc2ccc(Oc3ccc(F)cc3)cc2)CC1. The summed E-state index contributed by atoms with van der Waals surface area (Å²) >= 11 is 0. The third-order valence-corrected chi connectivity index (χ3v) is 6.66. The third kappa shape index (κ3) is 9.00. The molecule has 40 heavy (non-hydrogen) atoms. The third-order valence-electron chi connectivity index (χ3n) is 6.66. The lowest BCUT2D eigenvalue weighted by Gasteiger charge is -2.34. The maximum atomic E-state index is 13.3. The van der Waals surface area contributed by atoms with E-state index >= 15 is 0 Å². The van der Waals surface area contributed by atoms with Crippen LogP contribution in [0.25, 0.3) is 0 Å². The minimum Gasteiger partial charge on any atom is -0.457 e. The van der Waals surface area contributed by atoms with Crippen molar-refractivity contribution in [2.24, 2.45) is 0 Å². The van der Waals surface area contributed by atoms with Crippen molar-refractivity contribution in [3.8, 4) is 11.5 Å². The molecule has 1 heterocycles. The normalized spacial score (nSPS) is 14.4. The number of halogens is 1. The molecule has 0 aromatic heterocycles. The van der Waals surface area contributed by atoms with Gasteiger partial charge in [-0.2, -0.15) is 0 Å². The van der Waals surface area contributed by atoms with Crippen molar-refractivity contribution in [1.29, 1.82) is 0 Å². The molecule has 0 aliphatic carbocycles. The van der Waals surface area contributed by atoms with Crippen LogP contribution < -0.4 is 10.1 Å². The number of benzene rings is 3. The first kappa shape index (κ1) is 28.9. The lowest BCUT2D eigenvalue weighted by Crippen LogP contribution is -2.53. The molecule has 1 aliphatic rings. The molecule has 1 saturated heterocycles. The number of ether oxygens (including phenoxy) is 2. The molecule has 3 aromatic carbocycles. The molecule has 0 saturated carbocycles. The number of carbonyl (C=O) groups is 3. The van der Waals surface area contributed by atoms with Gasteiger partial charge in [-0.05, 0) is 47.5 Å². The number of carbonyl (C=O) groups excluding carboxylic acids is 3. The van der Waals surface area contributed by atoms with E-state index in [1.165, 1.54) is 12.1 Å². The highest BCUT2D eigenvalue weighted by Crippen LogP contribution is 2.22. The summed E-state index contributed by atoms with van der Waals surface area (Å²) in [6.07, 6.45) is 0.105. The molecule has 8 nitrogen and oxygen atoms in total. The highest BCUT2D eigenvalue weighted by atomic mass is 19.1. The number of nitrogens with zero attached hydrogens (tertiary/aromatic N) is 2. The van der Waals surface area contributed by atoms with Gasteiger partial charge in [0.1, 0.15) is 23.4 Å². The Kier molecular flexibility index (Phi) is 10.4. The summed E-state index contributed by atoms with van der Waals surface area (Å²) < 4.78 is 24.7. The molecule has 1 N–H and O–H groups in total. The number of hydrogen-bond donors (Lipinski definition) is 1. The Balaban J connectivity index is 1.34. The second-order valence-corrected chi connectivity index (χ2v) is 9.75. The van der Waals surface area contributed by atoms with Crippen LogP contribution in [0.4, 0.5) is 4.39 Å². The van der Waals surface area contributed by atoms with Gasteiger partial charge in [0, 0.05) is 39.5 Å². The van der Waals surface area contributed by atoms with Crippen LogP contribution in [0.3, 0.4) is 0 Å². The van der Waals surface area contributed by atoms with E-state index in [9.17, 15) is 18.8 Å². The van der Waals surface area contributed by atoms with E-state index in [0.29, 0.717) is 44.3 Å². The molecule has 1 fully saturated rings. The first-order valence-corrected chi connectivity index (χ1v) is 13.3. The largest absolute Gasteiger partial charge is 0.457 e. The van der Waals surface area contributed by atoms with Crippen molar-refractivity contribution in [3.05, 3.63) is 95.8 Å².